The van der Waals surface area contributed by atoms with Crippen molar-refractivity contribution in [2.45, 2.75) is 5.09 Å². The number of benzene rings is 1. The molecule has 2 aromatic heterocycles. The molecular formula is C16H13N3O6S. The second-order valence-corrected chi connectivity index (χ2v) is 6.71. The van der Waals surface area contributed by atoms with Crippen LogP contribution in [0.5, 0.6) is 0 Å². The van der Waals surface area contributed by atoms with Crippen molar-refractivity contribution in [1.29, 1.82) is 0 Å². The van der Waals surface area contributed by atoms with Crippen LogP contribution in [0.4, 0.5) is 5.69 Å². The molecular weight excluding hydrogens is 362 g/mol. The zero-order chi connectivity index (χ0) is 18.7. The molecule has 9 nitrogen and oxygen atoms in total. The Morgan fingerprint density at radius 3 is 2.46 bits per heavy atom. The first-order valence-corrected chi connectivity index (χ1v) is 8.74. The molecule has 0 atom stereocenters. The Morgan fingerprint density at radius 2 is 1.85 bits per heavy atom. The lowest BCUT2D eigenvalue weighted by Gasteiger charge is -2.06. The van der Waals surface area contributed by atoms with Gasteiger partial charge in [-0.15, -0.1) is 0 Å². The smallest absolute Gasteiger partial charge is 0.337 e. The van der Waals surface area contributed by atoms with Gasteiger partial charge < -0.3 is 9.15 Å². The normalized spacial score (nSPS) is 11.1. The van der Waals surface area contributed by atoms with Gasteiger partial charge in [0.15, 0.2) is 5.76 Å². The van der Waals surface area contributed by atoms with Gasteiger partial charge >= 0.3 is 5.97 Å². The number of furan rings is 1. The molecule has 0 aliphatic rings. The highest BCUT2D eigenvalue weighted by Crippen LogP contribution is 2.24. The molecule has 0 saturated carbocycles. The van der Waals surface area contributed by atoms with Gasteiger partial charge in [0.1, 0.15) is 5.69 Å². The van der Waals surface area contributed by atoms with E-state index in [0.717, 1.165) is 0 Å². The molecule has 0 aliphatic carbocycles. The minimum atomic E-state index is -3.98. The predicted molar refractivity (Wildman–Crippen MR) is 91.1 cm³/mol. The van der Waals surface area contributed by atoms with Gasteiger partial charge in [-0.25, -0.2) is 9.89 Å². The minimum absolute atomic E-state index is 0.183. The van der Waals surface area contributed by atoms with Gasteiger partial charge in [0.2, 0.25) is 5.09 Å². The Labute approximate surface area is 147 Å². The molecule has 2 heterocycles. The van der Waals surface area contributed by atoms with Gasteiger partial charge in [0, 0.05) is 11.8 Å². The summed E-state index contributed by atoms with van der Waals surface area (Å²) in [5, 5.41) is 5.69. The van der Waals surface area contributed by atoms with E-state index in [4.69, 9.17) is 4.42 Å². The Morgan fingerprint density at radius 1 is 1.12 bits per heavy atom. The fraction of sp³-hybridized carbons (Fsp3) is 0.0625. The molecule has 3 aromatic rings. The van der Waals surface area contributed by atoms with E-state index in [0.29, 0.717) is 5.56 Å². The number of hydrogen-bond acceptors (Lipinski definition) is 7. The maximum absolute atomic E-state index is 12.4. The second kappa shape index (κ2) is 6.84. The molecule has 10 heteroatoms. The number of nitrogens with one attached hydrogen (secondary N) is 2. The zero-order valence-corrected chi connectivity index (χ0v) is 14.2. The van der Waals surface area contributed by atoms with E-state index in [-0.39, 0.29) is 27.8 Å². The summed E-state index contributed by atoms with van der Waals surface area (Å²) < 4.78 is 37.0. The van der Waals surface area contributed by atoms with E-state index >= 15 is 0 Å². The number of rotatable bonds is 5. The highest BCUT2D eigenvalue weighted by molar-refractivity contribution is 7.92. The standard InChI is InChI=1S/C16H13N3O6S/c1-24-16(21)10-2-4-11(5-3-10)19-26(22,23)15-9-7-13(25-15)12-6-8-14(20)18-17-12/h2-9,19H,1H3,(H,18,20). The van der Waals surface area contributed by atoms with Crippen LogP contribution in [-0.4, -0.2) is 31.7 Å². The maximum Gasteiger partial charge on any atom is 0.337 e. The van der Waals surface area contributed by atoms with Gasteiger partial charge in [-0.1, -0.05) is 0 Å². The third-order valence-corrected chi connectivity index (χ3v) is 4.59. The molecule has 0 amide bonds. The molecule has 2 N–H and O–H groups in total. The molecule has 0 saturated heterocycles. The van der Waals surface area contributed by atoms with Crippen LogP contribution >= 0.6 is 0 Å². The molecule has 0 unspecified atom stereocenters. The summed E-state index contributed by atoms with van der Waals surface area (Å²) in [7, 11) is -2.73. The Hall–Kier alpha value is -3.40. The van der Waals surface area contributed by atoms with E-state index in [9.17, 15) is 18.0 Å². The molecule has 0 fully saturated rings. The number of methoxy groups -OCH3 is 1. The number of H-pyrrole nitrogens is 1. The van der Waals surface area contributed by atoms with Crippen LogP contribution in [0.2, 0.25) is 0 Å². The van der Waals surface area contributed by atoms with E-state index in [2.05, 4.69) is 19.7 Å². The summed E-state index contributed by atoms with van der Waals surface area (Å²) in [6.45, 7) is 0. The van der Waals surface area contributed by atoms with Crippen molar-refractivity contribution in [3.8, 4) is 11.5 Å². The van der Waals surface area contributed by atoms with Crippen LogP contribution in [0, 0.1) is 0 Å². The molecule has 1 aromatic carbocycles. The highest BCUT2D eigenvalue weighted by Gasteiger charge is 2.20. The minimum Gasteiger partial charge on any atom is -0.465 e. The number of sulfonamides is 1. The molecule has 3 rings (SSSR count). The average molecular weight is 375 g/mol. The molecule has 26 heavy (non-hydrogen) atoms. The number of carbonyl (C=O) groups excluding carboxylic acids is 1. The van der Waals surface area contributed by atoms with E-state index in [1.807, 2.05) is 0 Å². The zero-order valence-electron chi connectivity index (χ0n) is 13.4. The van der Waals surface area contributed by atoms with E-state index < -0.39 is 16.0 Å². The summed E-state index contributed by atoms with van der Waals surface area (Å²) in [5.41, 5.74) is 0.441. The summed E-state index contributed by atoms with van der Waals surface area (Å²) in [6, 6.07) is 11.1. The third kappa shape index (κ3) is 3.64. The number of ether oxygens (including phenoxy) is 1. The van der Waals surface area contributed by atoms with Crippen LogP contribution < -0.4 is 10.3 Å². The monoisotopic (exact) mass is 375 g/mol. The lowest BCUT2D eigenvalue weighted by molar-refractivity contribution is 0.0601. The molecule has 0 bridgehead atoms. The number of anilines is 1. The Kier molecular flexibility index (Phi) is 4.59. The molecule has 134 valence electrons. The third-order valence-electron chi connectivity index (χ3n) is 3.34. The van der Waals surface area contributed by atoms with Crippen molar-refractivity contribution in [2.75, 3.05) is 11.8 Å². The number of aromatic nitrogens is 2. The average Bonchev–Trinajstić information content (AvgIpc) is 3.13. The first kappa shape index (κ1) is 17.4. The predicted octanol–water partition coefficient (Wildman–Crippen LogP) is 1.62. The SMILES string of the molecule is COC(=O)c1ccc(NS(=O)(=O)c2ccc(-c3ccc(=O)[nH]n3)o2)cc1. The van der Waals surface area contributed by atoms with Gasteiger partial charge in [0.25, 0.3) is 15.6 Å². The quantitative estimate of drug-likeness (QED) is 0.648. The molecule has 0 aliphatic heterocycles. The number of aromatic amines is 1. The number of carbonyl (C=O) groups is 1. The first-order valence-electron chi connectivity index (χ1n) is 7.26. The molecule has 0 radical (unpaired) electrons. The Bertz CT molecular complexity index is 1080. The van der Waals surface area contributed by atoms with Crippen molar-refractivity contribution in [3.63, 3.8) is 0 Å². The van der Waals surface area contributed by atoms with Crippen molar-refractivity contribution < 1.29 is 22.4 Å². The first-order chi connectivity index (χ1) is 12.4. The van der Waals surface area contributed by atoms with Crippen molar-refractivity contribution in [1.82, 2.24) is 10.2 Å². The van der Waals surface area contributed by atoms with Crippen LogP contribution in [0.1, 0.15) is 10.4 Å². The van der Waals surface area contributed by atoms with Crippen molar-refractivity contribution in [2.24, 2.45) is 0 Å². The lowest BCUT2D eigenvalue weighted by Crippen LogP contribution is -2.12. The fourth-order valence-corrected chi connectivity index (χ4v) is 3.08. The van der Waals surface area contributed by atoms with Gasteiger partial charge in [-0.3, -0.25) is 9.52 Å². The lowest BCUT2D eigenvalue weighted by atomic mass is 10.2. The van der Waals surface area contributed by atoms with Gasteiger partial charge in [0.05, 0.1) is 12.7 Å². The highest BCUT2D eigenvalue weighted by atomic mass is 32.2. The second-order valence-electron chi connectivity index (χ2n) is 5.10. The van der Waals surface area contributed by atoms with Crippen LogP contribution in [0.3, 0.4) is 0 Å². The molecule has 0 spiro atoms. The topological polar surface area (TPSA) is 131 Å². The number of nitrogens with zero attached hydrogens (tertiary/aromatic N) is 1. The summed E-state index contributed by atoms with van der Waals surface area (Å²) in [5.74, 6) is -0.342. The summed E-state index contributed by atoms with van der Waals surface area (Å²) >= 11 is 0. The number of esters is 1. The largest absolute Gasteiger partial charge is 0.465 e. The van der Waals surface area contributed by atoms with Crippen LogP contribution in [-0.2, 0) is 14.8 Å². The van der Waals surface area contributed by atoms with Gasteiger partial charge in [-0.2, -0.15) is 13.5 Å². The van der Waals surface area contributed by atoms with Gasteiger partial charge in [-0.05, 0) is 42.5 Å². The van der Waals surface area contributed by atoms with Crippen LogP contribution in [0.25, 0.3) is 11.5 Å². The maximum atomic E-state index is 12.4. The van der Waals surface area contributed by atoms with E-state index in [1.165, 1.54) is 55.6 Å². The van der Waals surface area contributed by atoms with Crippen molar-refractivity contribution >= 4 is 21.7 Å². The number of hydrogen-bond donors (Lipinski definition) is 2. The van der Waals surface area contributed by atoms with Crippen LogP contribution in [0.15, 0.2) is 62.8 Å². The summed E-state index contributed by atoms with van der Waals surface area (Å²) in [6.07, 6.45) is 0. The Balaban J connectivity index is 1.81. The summed E-state index contributed by atoms with van der Waals surface area (Å²) in [4.78, 5) is 22.4. The van der Waals surface area contributed by atoms with Crippen molar-refractivity contribution in [3.05, 3.63) is 64.4 Å². The van der Waals surface area contributed by atoms with E-state index in [1.54, 1.807) is 0 Å². The fourth-order valence-electron chi connectivity index (χ4n) is 2.08.